The zero-order chi connectivity index (χ0) is 26.6. The van der Waals surface area contributed by atoms with Crippen molar-refractivity contribution in [3.05, 3.63) is 52.1 Å². The van der Waals surface area contributed by atoms with Gasteiger partial charge in [0.15, 0.2) is 29.1 Å². The number of rotatable bonds is 8. The molecule has 0 aliphatic carbocycles. The van der Waals surface area contributed by atoms with Gasteiger partial charge in [0.2, 0.25) is 5.89 Å². The van der Waals surface area contributed by atoms with Crippen molar-refractivity contribution in [3.63, 3.8) is 0 Å². The highest BCUT2D eigenvalue weighted by molar-refractivity contribution is 6.39. The summed E-state index contributed by atoms with van der Waals surface area (Å²) >= 11 is 12.3. The average molecular weight is 537 g/mol. The number of aromatic nitrogens is 2. The summed E-state index contributed by atoms with van der Waals surface area (Å²) in [5.41, 5.74) is 5.49. The van der Waals surface area contributed by atoms with Gasteiger partial charge in [0, 0.05) is 18.0 Å². The molecule has 0 radical (unpaired) electrons. The van der Waals surface area contributed by atoms with Crippen LogP contribution in [0.25, 0.3) is 11.5 Å². The normalized spacial score (nSPS) is 12.1. The van der Waals surface area contributed by atoms with Crippen molar-refractivity contribution in [3.8, 4) is 23.0 Å². The first-order chi connectivity index (χ1) is 16.9. The molecule has 0 bridgehead atoms. The number of oxazole rings is 1. The summed E-state index contributed by atoms with van der Waals surface area (Å²) in [6, 6.07) is 4.99. The Hall–Kier alpha value is -3.50. The zero-order valence-corrected chi connectivity index (χ0v) is 21.9. The maximum atomic E-state index is 13.4. The molecule has 1 atom stereocenters. The number of amides is 2. The number of hydrogen-bond donors (Lipinski definition) is 2. The molecule has 36 heavy (non-hydrogen) atoms. The standard InChI is InChI=1S/C24H26Cl2N4O6/c1-24(2,3)9-17(35-23(27)32)20-19(21(31)29-18-13(25)10-28-11-14(18)26)30-22(36-20)12-6-7-15(33-4)16(8-12)34-5/h6-8,10-11,17H,9H2,1-5H3,(H2,27,32)(H,28,29,31). The summed E-state index contributed by atoms with van der Waals surface area (Å²) in [6.45, 7) is 5.81. The molecule has 0 fully saturated rings. The fraction of sp³-hybridized carbons (Fsp3) is 0.333. The van der Waals surface area contributed by atoms with Gasteiger partial charge in [-0.05, 0) is 30.0 Å². The van der Waals surface area contributed by atoms with Crippen LogP contribution in [0.3, 0.4) is 0 Å². The highest BCUT2D eigenvalue weighted by Crippen LogP contribution is 2.38. The summed E-state index contributed by atoms with van der Waals surface area (Å²) in [7, 11) is 3.00. The monoisotopic (exact) mass is 536 g/mol. The van der Waals surface area contributed by atoms with Crippen LogP contribution in [0.15, 0.2) is 35.0 Å². The van der Waals surface area contributed by atoms with Crippen LogP contribution in [-0.4, -0.2) is 36.2 Å². The van der Waals surface area contributed by atoms with E-state index in [1.165, 1.54) is 26.6 Å². The quantitative estimate of drug-likeness (QED) is 0.363. The van der Waals surface area contributed by atoms with Crippen LogP contribution in [0.2, 0.25) is 10.0 Å². The number of carbonyl (C=O) groups is 2. The molecule has 1 unspecified atom stereocenters. The lowest BCUT2D eigenvalue weighted by Gasteiger charge is -2.24. The Morgan fingerprint density at radius 2 is 1.75 bits per heavy atom. The molecule has 2 aromatic heterocycles. The van der Waals surface area contributed by atoms with Gasteiger partial charge in [-0.3, -0.25) is 9.78 Å². The third kappa shape index (κ3) is 6.38. The third-order valence-electron chi connectivity index (χ3n) is 4.94. The molecule has 3 aromatic rings. The molecule has 0 saturated heterocycles. The second-order valence-corrected chi connectivity index (χ2v) is 9.74. The van der Waals surface area contributed by atoms with Gasteiger partial charge in [0.05, 0.1) is 30.0 Å². The smallest absolute Gasteiger partial charge is 0.405 e. The number of benzene rings is 1. The molecule has 3 rings (SSSR count). The van der Waals surface area contributed by atoms with Crippen molar-refractivity contribution >= 4 is 40.9 Å². The van der Waals surface area contributed by atoms with E-state index in [1.807, 2.05) is 20.8 Å². The van der Waals surface area contributed by atoms with E-state index >= 15 is 0 Å². The van der Waals surface area contributed by atoms with E-state index in [1.54, 1.807) is 18.2 Å². The number of nitrogens with zero attached hydrogens (tertiary/aromatic N) is 2. The fourth-order valence-corrected chi connectivity index (χ4v) is 3.85. The number of anilines is 1. The van der Waals surface area contributed by atoms with E-state index in [0.29, 0.717) is 17.1 Å². The van der Waals surface area contributed by atoms with E-state index in [4.69, 9.17) is 47.6 Å². The molecule has 12 heteroatoms. The molecule has 2 heterocycles. The van der Waals surface area contributed by atoms with Gasteiger partial charge in [-0.25, -0.2) is 9.78 Å². The molecule has 1 aromatic carbocycles. The number of halogens is 2. The minimum absolute atomic E-state index is 0.00677. The lowest BCUT2D eigenvalue weighted by Crippen LogP contribution is -2.24. The summed E-state index contributed by atoms with van der Waals surface area (Å²) < 4.78 is 22.0. The SMILES string of the molecule is COc1ccc(-c2nc(C(=O)Nc3c(Cl)cncc3Cl)c(C(CC(C)(C)C)OC(N)=O)o2)cc1OC. The average Bonchev–Trinajstić information content (AvgIpc) is 3.25. The number of pyridine rings is 1. The minimum atomic E-state index is -1.03. The van der Waals surface area contributed by atoms with Gasteiger partial charge < -0.3 is 29.7 Å². The van der Waals surface area contributed by atoms with Gasteiger partial charge in [-0.15, -0.1) is 0 Å². The second-order valence-electron chi connectivity index (χ2n) is 8.92. The van der Waals surface area contributed by atoms with Crippen LogP contribution in [0.4, 0.5) is 10.5 Å². The van der Waals surface area contributed by atoms with Crippen molar-refractivity contribution in [2.45, 2.75) is 33.3 Å². The van der Waals surface area contributed by atoms with Gasteiger partial charge in [0.1, 0.15) is 0 Å². The molecule has 2 amide bonds. The topological polar surface area (TPSA) is 139 Å². The molecular formula is C24H26Cl2N4O6. The second kappa shape index (κ2) is 11.0. The number of ether oxygens (including phenoxy) is 3. The Balaban J connectivity index is 2.14. The third-order valence-corrected chi connectivity index (χ3v) is 5.51. The van der Waals surface area contributed by atoms with E-state index in [-0.39, 0.29) is 44.9 Å². The Bertz CT molecular complexity index is 1250. The van der Waals surface area contributed by atoms with Crippen molar-refractivity contribution < 1.29 is 28.2 Å². The maximum absolute atomic E-state index is 13.4. The van der Waals surface area contributed by atoms with Crippen LogP contribution in [0, 0.1) is 5.41 Å². The summed E-state index contributed by atoms with van der Waals surface area (Å²) in [6.07, 6.45) is 0.918. The van der Waals surface area contributed by atoms with Crippen LogP contribution < -0.4 is 20.5 Å². The minimum Gasteiger partial charge on any atom is -0.493 e. The lowest BCUT2D eigenvalue weighted by molar-refractivity contribution is 0.0640. The molecule has 0 spiro atoms. The van der Waals surface area contributed by atoms with Gasteiger partial charge >= 0.3 is 6.09 Å². The van der Waals surface area contributed by atoms with E-state index in [2.05, 4.69) is 15.3 Å². The van der Waals surface area contributed by atoms with Crippen molar-refractivity contribution in [2.75, 3.05) is 19.5 Å². The molecule has 0 saturated carbocycles. The molecule has 192 valence electrons. The number of nitrogens with one attached hydrogen (secondary N) is 1. The summed E-state index contributed by atoms with van der Waals surface area (Å²) in [4.78, 5) is 33.4. The fourth-order valence-electron chi connectivity index (χ4n) is 3.39. The van der Waals surface area contributed by atoms with E-state index in [9.17, 15) is 9.59 Å². The van der Waals surface area contributed by atoms with Gasteiger partial charge in [-0.1, -0.05) is 44.0 Å². The van der Waals surface area contributed by atoms with Crippen molar-refractivity contribution in [1.29, 1.82) is 0 Å². The van der Waals surface area contributed by atoms with E-state index < -0.39 is 18.1 Å². The molecule has 0 aliphatic heterocycles. The van der Waals surface area contributed by atoms with Crippen LogP contribution >= 0.6 is 23.2 Å². The largest absolute Gasteiger partial charge is 0.493 e. The van der Waals surface area contributed by atoms with Crippen LogP contribution in [0.5, 0.6) is 11.5 Å². The van der Waals surface area contributed by atoms with Gasteiger partial charge in [0.25, 0.3) is 5.91 Å². The number of hydrogen-bond acceptors (Lipinski definition) is 8. The predicted octanol–water partition coefficient (Wildman–Crippen LogP) is 5.89. The summed E-state index contributed by atoms with van der Waals surface area (Å²) in [5.74, 6) is 0.316. The highest BCUT2D eigenvalue weighted by atomic mass is 35.5. The molecule has 0 aliphatic rings. The maximum Gasteiger partial charge on any atom is 0.405 e. The van der Waals surface area contributed by atoms with Crippen molar-refractivity contribution in [2.24, 2.45) is 11.1 Å². The number of primary amides is 1. The summed E-state index contributed by atoms with van der Waals surface area (Å²) in [5, 5.41) is 2.88. The zero-order valence-electron chi connectivity index (χ0n) is 20.3. The first-order valence-corrected chi connectivity index (χ1v) is 11.5. The number of nitrogens with two attached hydrogens (primary N) is 1. The Kier molecular flexibility index (Phi) is 8.31. The number of methoxy groups -OCH3 is 2. The van der Waals surface area contributed by atoms with Crippen LogP contribution in [-0.2, 0) is 4.74 Å². The Morgan fingerprint density at radius 1 is 1.11 bits per heavy atom. The van der Waals surface area contributed by atoms with Crippen LogP contribution in [0.1, 0.15) is 49.5 Å². The highest BCUT2D eigenvalue weighted by Gasteiger charge is 2.33. The predicted molar refractivity (Wildman–Crippen MR) is 135 cm³/mol. The lowest BCUT2D eigenvalue weighted by atomic mass is 9.88. The molecule has 10 nitrogen and oxygen atoms in total. The van der Waals surface area contributed by atoms with Gasteiger partial charge in [-0.2, -0.15) is 0 Å². The number of carbonyl (C=O) groups excluding carboxylic acids is 2. The Labute approximate surface area is 218 Å². The molecular weight excluding hydrogens is 511 g/mol. The Morgan fingerprint density at radius 3 is 2.31 bits per heavy atom. The first kappa shape index (κ1) is 27.1. The van der Waals surface area contributed by atoms with E-state index in [0.717, 1.165) is 0 Å². The first-order valence-electron chi connectivity index (χ1n) is 10.7. The van der Waals surface area contributed by atoms with Crippen molar-refractivity contribution in [1.82, 2.24) is 9.97 Å². The molecule has 3 N–H and O–H groups in total.